The van der Waals surface area contributed by atoms with Crippen molar-refractivity contribution in [3.8, 4) is 0 Å². The Hall–Kier alpha value is -2.86. The molecule has 0 aliphatic rings. The highest BCUT2D eigenvalue weighted by Crippen LogP contribution is 2.30. The Morgan fingerprint density at radius 3 is 2.07 bits per heavy atom. The van der Waals surface area contributed by atoms with Gasteiger partial charge in [0, 0.05) is 18.8 Å². The highest BCUT2D eigenvalue weighted by Gasteiger charge is 2.30. The van der Waals surface area contributed by atoms with Crippen LogP contribution in [-0.4, -0.2) is 16.6 Å². The van der Waals surface area contributed by atoms with Crippen LogP contribution >= 0.6 is 12.2 Å². The van der Waals surface area contributed by atoms with E-state index in [1.165, 1.54) is 11.6 Å². The van der Waals surface area contributed by atoms with Crippen molar-refractivity contribution in [1.29, 1.82) is 0 Å². The quantitative estimate of drug-likeness (QED) is 0.487. The van der Waals surface area contributed by atoms with Crippen LogP contribution < -0.4 is 5.32 Å². The number of thiocarbonyl (C=S) groups is 1. The van der Waals surface area contributed by atoms with Crippen molar-refractivity contribution < 1.29 is 13.2 Å². The molecule has 0 bridgehead atoms. The van der Waals surface area contributed by atoms with Gasteiger partial charge in [-0.05, 0) is 48.0 Å². The maximum atomic E-state index is 13.0. The molecule has 0 fully saturated rings. The largest absolute Gasteiger partial charge is 0.416 e. The van der Waals surface area contributed by atoms with Crippen molar-refractivity contribution in [2.75, 3.05) is 11.9 Å². The summed E-state index contributed by atoms with van der Waals surface area (Å²) in [4.78, 5) is 1.97. The third kappa shape index (κ3) is 6.32. The molecule has 0 spiro atoms. The van der Waals surface area contributed by atoms with Crippen LogP contribution in [0.1, 0.15) is 16.7 Å². The molecule has 3 aromatic carbocycles. The van der Waals surface area contributed by atoms with Gasteiger partial charge >= 0.3 is 6.18 Å². The van der Waals surface area contributed by atoms with Crippen LogP contribution in [0.3, 0.4) is 0 Å². The van der Waals surface area contributed by atoms with Gasteiger partial charge in [0.2, 0.25) is 0 Å². The number of anilines is 1. The van der Waals surface area contributed by atoms with Crippen LogP contribution in [0.25, 0.3) is 0 Å². The van der Waals surface area contributed by atoms with Gasteiger partial charge in [-0.3, -0.25) is 0 Å². The topological polar surface area (TPSA) is 15.3 Å². The van der Waals surface area contributed by atoms with Crippen LogP contribution in [0.4, 0.5) is 18.9 Å². The molecule has 3 aromatic rings. The first-order chi connectivity index (χ1) is 13.9. The van der Waals surface area contributed by atoms with Crippen LogP contribution in [0, 0.1) is 0 Å². The lowest BCUT2D eigenvalue weighted by Gasteiger charge is -2.26. The van der Waals surface area contributed by atoms with Crippen LogP contribution in [0.15, 0.2) is 84.9 Å². The third-order valence-corrected chi connectivity index (χ3v) is 4.82. The van der Waals surface area contributed by atoms with Crippen molar-refractivity contribution in [3.05, 3.63) is 102 Å². The normalized spacial score (nSPS) is 11.1. The van der Waals surface area contributed by atoms with E-state index in [1.54, 1.807) is 6.07 Å². The zero-order chi connectivity index (χ0) is 20.7. The zero-order valence-electron chi connectivity index (χ0n) is 15.7. The van der Waals surface area contributed by atoms with E-state index in [9.17, 15) is 13.2 Å². The summed E-state index contributed by atoms with van der Waals surface area (Å²) >= 11 is 5.54. The number of hydrogen-bond donors (Lipinski definition) is 1. The lowest BCUT2D eigenvalue weighted by Crippen LogP contribution is -2.36. The Bertz CT molecular complexity index is 928. The van der Waals surface area contributed by atoms with Crippen molar-refractivity contribution in [2.24, 2.45) is 0 Å². The van der Waals surface area contributed by atoms with Gasteiger partial charge in [-0.1, -0.05) is 66.7 Å². The van der Waals surface area contributed by atoms with E-state index in [2.05, 4.69) is 5.32 Å². The monoisotopic (exact) mass is 414 g/mol. The highest BCUT2D eigenvalue weighted by molar-refractivity contribution is 7.80. The van der Waals surface area contributed by atoms with E-state index in [0.29, 0.717) is 23.9 Å². The number of benzene rings is 3. The second-order valence-corrected chi connectivity index (χ2v) is 7.04. The SMILES string of the molecule is FC(F)(F)c1cccc(NC(=S)N(CCc2ccccc2)Cc2ccccc2)c1. The highest BCUT2D eigenvalue weighted by atomic mass is 32.1. The second-order valence-electron chi connectivity index (χ2n) is 6.65. The molecule has 0 saturated carbocycles. The van der Waals surface area contributed by atoms with Crippen LogP contribution in [-0.2, 0) is 19.1 Å². The van der Waals surface area contributed by atoms with Crippen molar-refractivity contribution in [3.63, 3.8) is 0 Å². The molecule has 0 aliphatic heterocycles. The molecule has 0 heterocycles. The van der Waals surface area contributed by atoms with Gasteiger partial charge in [0.1, 0.15) is 0 Å². The summed E-state index contributed by atoms with van der Waals surface area (Å²) in [6.07, 6.45) is -3.62. The summed E-state index contributed by atoms with van der Waals surface area (Å²) in [5, 5.41) is 3.36. The van der Waals surface area contributed by atoms with Gasteiger partial charge in [-0.25, -0.2) is 0 Å². The fourth-order valence-corrected chi connectivity index (χ4v) is 3.21. The maximum absolute atomic E-state index is 13.0. The van der Waals surface area contributed by atoms with Crippen molar-refractivity contribution in [1.82, 2.24) is 4.90 Å². The minimum atomic E-state index is -4.39. The number of rotatable bonds is 6. The molecule has 2 nitrogen and oxygen atoms in total. The zero-order valence-corrected chi connectivity index (χ0v) is 16.5. The molecule has 6 heteroatoms. The third-order valence-electron chi connectivity index (χ3n) is 4.46. The van der Waals surface area contributed by atoms with Crippen LogP contribution in [0.5, 0.6) is 0 Å². The van der Waals surface area contributed by atoms with Gasteiger partial charge < -0.3 is 10.2 Å². The lowest BCUT2D eigenvalue weighted by atomic mass is 10.1. The summed E-state index contributed by atoms with van der Waals surface area (Å²) in [6.45, 7) is 1.21. The lowest BCUT2D eigenvalue weighted by molar-refractivity contribution is -0.137. The first-order valence-corrected chi connectivity index (χ1v) is 9.64. The number of alkyl halides is 3. The molecular weight excluding hydrogens is 393 g/mol. The first kappa shape index (κ1) is 20.9. The van der Waals surface area contributed by atoms with Crippen molar-refractivity contribution in [2.45, 2.75) is 19.1 Å². The summed E-state index contributed by atoms with van der Waals surface area (Å²) in [5.74, 6) is 0. The summed E-state index contributed by atoms with van der Waals surface area (Å²) in [6, 6.07) is 24.9. The van der Waals surface area contributed by atoms with Gasteiger partial charge in [0.25, 0.3) is 0 Å². The number of nitrogens with zero attached hydrogens (tertiary/aromatic N) is 1. The summed E-state index contributed by atoms with van der Waals surface area (Å²) < 4.78 is 39.0. The molecule has 0 aliphatic carbocycles. The molecule has 29 heavy (non-hydrogen) atoms. The van der Waals surface area contributed by atoms with E-state index in [0.717, 1.165) is 24.1 Å². The Kier molecular flexibility index (Phi) is 6.88. The first-order valence-electron chi connectivity index (χ1n) is 9.23. The Morgan fingerprint density at radius 1 is 0.828 bits per heavy atom. The van der Waals surface area contributed by atoms with Gasteiger partial charge in [0.05, 0.1) is 5.56 Å². The molecule has 0 amide bonds. The minimum absolute atomic E-state index is 0.322. The predicted molar refractivity (Wildman–Crippen MR) is 115 cm³/mol. The van der Waals surface area contributed by atoms with Gasteiger partial charge in [0.15, 0.2) is 5.11 Å². The Morgan fingerprint density at radius 2 is 1.45 bits per heavy atom. The Balaban J connectivity index is 1.74. The fourth-order valence-electron chi connectivity index (χ4n) is 2.94. The summed E-state index contributed by atoms with van der Waals surface area (Å²) in [5.41, 5.74) is 1.87. The van der Waals surface area contributed by atoms with Gasteiger partial charge in [-0.2, -0.15) is 13.2 Å². The number of nitrogens with one attached hydrogen (secondary N) is 1. The smallest absolute Gasteiger partial charge is 0.344 e. The van der Waals surface area contributed by atoms with Crippen molar-refractivity contribution >= 4 is 23.0 Å². The molecule has 3 rings (SSSR count). The van der Waals surface area contributed by atoms with E-state index < -0.39 is 11.7 Å². The summed E-state index contributed by atoms with van der Waals surface area (Å²) in [7, 11) is 0. The molecule has 150 valence electrons. The molecule has 0 aromatic heterocycles. The molecule has 0 saturated heterocycles. The molecule has 1 N–H and O–H groups in total. The van der Waals surface area contributed by atoms with E-state index in [1.807, 2.05) is 65.6 Å². The van der Waals surface area contributed by atoms with E-state index in [-0.39, 0.29) is 0 Å². The number of halogens is 3. The van der Waals surface area contributed by atoms with E-state index in [4.69, 9.17) is 12.2 Å². The standard InChI is InChI=1S/C23H21F3N2S/c24-23(25,26)20-12-7-13-21(16-20)27-22(29)28(17-19-10-5-2-6-11-19)15-14-18-8-3-1-4-9-18/h1-13,16H,14-15,17H2,(H,27,29). The minimum Gasteiger partial charge on any atom is -0.344 e. The fraction of sp³-hybridized carbons (Fsp3) is 0.174. The molecular formula is C23H21F3N2S. The second kappa shape index (κ2) is 9.56. The average molecular weight is 414 g/mol. The van der Waals surface area contributed by atoms with Gasteiger partial charge in [-0.15, -0.1) is 0 Å². The maximum Gasteiger partial charge on any atom is 0.416 e. The molecule has 0 atom stereocenters. The average Bonchev–Trinajstić information content (AvgIpc) is 2.72. The molecule has 0 radical (unpaired) electrons. The van der Waals surface area contributed by atoms with Crippen LogP contribution in [0.2, 0.25) is 0 Å². The predicted octanol–water partition coefficient (Wildman–Crippen LogP) is 6.15. The number of hydrogen-bond acceptors (Lipinski definition) is 1. The van der Waals surface area contributed by atoms with E-state index >= 15 is 0 Å². The Labute approximate surface area is 174 Å². The molecule has 0 unspecified atom stereocenters.